The van der Waals surface area contributed by atoms with E-state index in [0.717, 1.165) is 63.0 Å². The van der Waals surface area contributed by atoms with E-state index in [2.05, 4.69) is 20.9 Å². The van der Waals surface area contributed by atoms with Crippen molar-refractivity contribution in [2.45, 2.75) is 45.1 Å². The number of aryl methyl sites for hydroxylation is 1. The quantitative estimate of drug-likeness (QED) is 0.880. The minimum atomic E-state index is -0.831. The summed E-state index contributed by atoms with van der Waals surface area (Å²) in [7, 11) is 0. The van der Waals surface area contributed by atoms with E-state index in [1.807, 2.05) is 11.8 Å². The van der Waals surface area contributed by atoms with Crippen molar-refractivity contribution in [2.75, 3.05) is 44.3 Å². The number of aromatic nitrogens is 2. The molecule has 1 amide bonds. The van der Waals surface area contributed by atoms with Gasteiger partial charge in [-0.2, -0.15) is 0 Å². The molecule has 0 radical (unpaired) electrons. The molecule has 0 spiro atoms. The van der Waals surface area contributed by atoms with E-state index in [4.69, 9.17) is 10.5 Å². The summed E-state index contributed by atoms with van der Waals surface area (Å²) in [5.74, 6) is 1.99. The van der Waals surface area contributed by atoms with Crippen molar-refractivity contribution in [3.05, 3.63) is 17.6 Å². The summed E-state index contributed by atoms with van der Waals surface area (Å²) in [4.78, 5) is 25.9. The highest BCUT2D eigenvalue weighted by atomic mass is 16.5. The molecule has 1 unspecified atom stereocenters. The summed E-state index contributed by atoms with van der Waals surface area (Å²) in [6.07, 6.45) is 2.01. The Labute approximate surface area is 149 Å². The Morgan fingerprint density at radius 2 is 2.00 bits per heavy atom. The number of amides is 1. The molecule has 3 heterocycles. The second-order valence-corrected chi connectivity index (χ2v) is 7.61. The minimum absolute atomic E-state index is 0.0105. The molecule has 3 rings (SSSR count). The van der Waals surface area contributed by atoms with Gasteiger partial charge < -0.3 is 20.3 Å². The zero-order valence-corrected chi connectivity index (χ0v) is 15.5. The second-order valence-electron chi connectivity index (χ2n) is 7.61. The summed E-state index contributed by atoms with van der Waals surface area (Å²) < 4.78 is 5.43. The first-order chi connectivity index (χ1) is 11.8. The number of rotatable bonds is 3. The molecule has 25 heavy (non-hydrogen) atoms. The summed E-state index contributed by atoms with van der Waals surface area (Å²) in [6, 6.07) is 2.09. The number of carbonyl (C=O) groups excluding carboxylic acids is 1. The van der Waals surface area contributed by atoms with E-state index >= 15 is 0 Å². The molecule has 2 aliphatic heterocycles. The number of anilines is 1. The van der Waals surface area contributed by atoms with Gasteiger partial charge in [0, 0.05) is 38.2 Å². The number of carbonyl (C=O) groups is 1. The molecular weight excluding hydrogens is 318 g/mol. The molecule has 0 aromatic carbocycles. The van der Waals surface area contributed by atoms with Gasteiger partial charge in [0.1, 0.15) is 11.6 Å². The first kappa shape index (κ1) is 18.1. The number of hydrogen-bond acceptors (Lipinski definition) is 6. The molecule has 0 bridgehead atoms. The van der Waals surface area contributed by atoms with Gasteiger partial charge in [0.2, 0.25) is 5.91 Å². The van der Waals surface area contributed by atoms with Gasteiger partial charge in [-0.25, -0.2) is 9.97 Å². The Morgan fingerprint density at radius 1 is 1.28 bits per heavy atom. The van der Waals surface area contributed by atoms with E-state index in [0.29, 0.717) is 6.54 Å². The topological polar surface area (TPSA) is 84.6 Å². The first-order valence-corrected chi connectivity index (χ1v) is 9.11. The van der Waals surface area contributed by atoms with Gasteiger partial charge in [-0.1, -0.05) is 0 Å². The van der Waals surface area contributed by atoms with Crippen molar-refractivity contribution in [1.82, 2.24) is 14.9 Å². The molecule has 138 valence electrons. The maximum Gasteiger partial charge on any atom is 0.242 e. The molecule has 2 saturated heterocycles. The number of morpholine rings is 1. The van der Waals surface area contributed by atoms with Crippen LogP contribution in [0.3, 0.4) is 0 Å². The normalized spacial score (nSPS) is 22.2. The van der Waals surface area contributed by atoms with Gasteiger partial charge in [0.15, 0.2) is 0 Å². The van der Waals surface area contributed by atoms with Gasteiger partial charge in [0.05, 0.1) is 24.4 Å². The van der Waals surface area contributed by atoms with Gasteiger partial charge >= 0.3 is 0 Å². The number of nitrogens with zero attached hydrogens (tertiary/aromatic N) is 4. The van der Waals surface area contributed by atoms with Crippen LogP contribution in [0, 0.1) is 6.92 Å². The smallest absolute Gasteiger partial charge is 0.242 e. The zero-order chi connectivity index (χ0) is 18.0. The van der Waals surface area contributed by atoms with E-state index < -0.39 is 5.54 Å². The van der Waals surface area contributed by atoms with Crippen LogP contribution in [-0.2, 0) is 9.53 Å². The lowest BCUT2D eigenvalue weighted by Gasteiger charge is -2.36. The van der Waals surface area contributed by atoms with Crippen LogP contribution in [0.5, 0.6) is 0 Å². The van der Waals surface area contributed by atoms with Crippen LogP contribution < -0.4 is 10.6 Å². The monoisotopic (exact) mass is 347 g/mol. The summed E-state index contributed by atoms with van der Waals surface area (Å²) in [6.45, 7) is 10.1. The molecular formula is C18H29N5O2. The van der Waals surface area contributed by atoms with Crippen molar-refractivity contribution in [2.24, 2.45) is 5.73 Å². The van der Waals surface area contributed by atoms with Gasteiger partial charge in [0.25, 0.3) is 0 Å². The second kappa shape index (κ2) is 7.25. The Bertz CT molecular complexity index is 622. The molecule has 2 aliphatic rings. The first-order valence-electron chi connectivity index (χ1n) is 9.11. The Hall–Kier alpha value is -1.73. The third-order valence-electron chi connectivity index (χ3n) is 4.86. The van der Waals surface area contributed by atoms with Crippen LogP contribution in [0.25, 0.3) is 0 Å². The number of nitrogens with two attached hydrogens (primary N) is 1. The van der Waals surface area contributed by atoms with Crippen molar-refractivity contribution in [1.29, 1.82) is 0 Å². The fourth-order valence-corrected chi connectivity index (χ4v) is 3.55. The zero-order valence-electron chi connectivity index (χ0n) is 15.5. The lowest BCUT2D eigenvalue weighted by Crippen LogP contribution is -2.53. The van der Waals surface area contributed by atoms with E-state index in [1.54, 1.807) is 13.8 Å². The molecule has 0 saturated carbocycles. The lowest BCUT2D eigenvalue weighted by molar-refractivity contribution is -0.137. The van der Waals surface area contributed by atoms with E-state index in [-0.39, 0.29) is 11.8 Å². The van der Waals surface area contributed by atoms with Crippen molar-refractivity contribution in [3.63, 3.8) is 0 Å². The SMILES string of the molecule is Cc1nc(C2CCCN(C(=O)C(C)(C)N)C2)cc(N2CCOCC2)n1. The molecule has 0 aliphatic carbocycles. The number of ether oxygens (including phenoxy) is 1. The van der Waals surface area contributed by atoms with Crippen LogP contribution >= 0.6 is 0 Å². The molecule has 2 fully saturated rings. The molecule has 1 atom stereocenters. The van der Waals surface area contributed by atoms with Crippen molar-refractivity contribution in [3.8, 4) is 0 Å². The Balaban J connectivity index is 1.78. The molecule has 7 nitrogen and oxygen atoms in total. The van der Waals surface area contributed by atoms with Gasteiger partial charge in [-0.15, -0.1) is 0 Å². The Kier molecular flexibility index (Phi) is 5.24. The summed E-state index contributed by atoms with van der Waals surface area (Å²) in [5.41, 5.74) is 6.20. The predicted molar refractivity (Wildman–Crippen MR) is 96.6 cm³/mol. The molecule has 2 N–H and O–H groups in total. The maximum atomic E-state index is 12.5. The van der Waals surface area contributed by atoms with Gasteiger partial charge in [-0.05, 0) is 33.6 Å². The fourth-order valence-electron chi connectivity index (χ4n) is 3.55. The Morgan fingerprint density at radius 3 is 2.68 bits per heavy atom. The van der Waals surface area contributed by atoms with Crippen LogP contribution in [0.1, 0.15) is 44.1 Å². The third-order valence-corrected chi connectivity index (χ3v) is 4.86. The van der Waals surface area contributed by atoms with E-state index in [1.165, 1.54) is 0 Å². The largest absolute Gasteiger partial charge is 0.378 e. The van der Waals surface area contributed by atoms with Crippen molar-refractivity contribution < 1.29 is 9.53 Å². The minimum Gasteiger partial charge on any atom is -0.378 e. The molecule has 1 aromatic rings. The number of likely N-dealkylation sites (tertiary alicyclic amines) is 1. The average Bonchev–Trinajstić information content (AvgIpc) is 2.60. The average molecular weight is 347 g/mol. The molecule has 7 heteroatoms. The fraction of sp³-hybridized carbons (Fsp3) is 0.722. The highest BCUT2D eigenvalue weighted by Crippen LogP contribution is 2.28. The lowest BCUT2D eigenvalue weighted by atomic mass is 9.92. The third kappa shape index (κ3) is 4.27. The predicted octanol–water partition coefficient (Wildman–Crippen LogP) is 1.06. The number of hydrogen-bond donors (Lipinski definition) is 1. The van der Waals surface area contributed by atoms with Crippen LogP contribution in [0.4, 0.5) is 5.82 Å². The maximum absolute atomic E-state index is 12.5. The molecule has 1 aromatic heterocycles. The van der Waals surface area contributed by atoms with Crippen LogP contribution in [-0.4, -0.2) is 65.7 Å². The van der Waals surface area contributed by atoms with Crippen LogP contribution in [0.15, 0.2) is 6.07 Å². The van der Waals surface area contributed by atoms with Crippen molar-refractivity contribution >= 4 is 11.7 Å². The standard InChI is InChI=1S/C18H29N5O2/c1-13-20-15(11-16(21-13)22-7-9-25-10-8-22)14-5-4-6-23(12-14)17(24)18(2,3)19/h11,14H,4-10,12,19H2,1-3H3. The van der Waals surface area contributed by atoms with E-state index in [9.17, 15) is 4.79 Å². The summed E-state index contributed by atoms with van der Waals surface area (Å²) in [5, 5.41) is 0. The highest BCUT2D eigenvalue weighted by Gasteiger charge is 2.32. The van der Waals surface area contributed by atoms with Gasteiger partial charge in [-0.3, -0.25) is 4.79 Å². The van der Waals surface area contributed by atoms with Crippen LogP contribution in [0.2, 0.25) is 0 Å². The highest BCUT2D eigenvalue weighted by molar-refractivity contribution is 5.85. The number of piperidine rings is 1. The summed E-state index contributed by atoms with van der Waals surface area (Å²) >= 11 is 0.